The van der Waals surface area contributed by atoms with E-state index in [4.69, 9.17) is 11.6 Å². The molecule has 2 aliphatic rings. The molecule has 1 fully saturated rings. The average molecular weight is 280 g/mol. The van der Waals surface area contributed by atoms with Gasteiger partial charge in [0.15, 0.2) is 0 Å². The molecule has 1 aromatic rings. The highest BCUT2D eigenvalue weighted by molar-refractivity contribution is 8.03. The number of hydrogen-bond acceptors (Lipinski definition) is 2. The summed E-state index contributed by atoms with van der Waals surface area (Å²) >= 11 is 8.04. The van der Waals surface area contributed by atoms with Crippen molar-refractivity contribution in [1.82, 2.24) is 4.90 Å². The lowest BCUT2D eigenvalue weighted by atomic mass is 9.80. The molecule has 1 saturated heterocycles. The molecule has 0 saturated carbocycles. The lowest BCUT2D eigenvalue weighted by molar-refractivity contribution is 0.224. The molecule has 1 nitrogen and oxygen atoms in total. The minimum atomic E-state index is 0.607. The summed E-state index contributed by atoms with van der Waals surface area (Å²) in [5, 5.41) is 1.55. The molecule has 0 radical (unpaired) electrons. The molecule has 3 unspecified atom stereocenters. The molecular formula is C15H18ClNS. The second-order valence-corrected chi connectivity index (χ2v) is 7.31. The average Bonchev–Trinajstić information content (AvgIpc) is 2.69. The molecule has 3 heteroatoms. The first-order chi connectivity index (χ1) is 8.63. The lowest BCUT2D eigenvalue weighted by Crippen LogP contribution is -2.43. The molecule has 1 aromatic carbocycles. The Bertz CT molecular complexity index is 468. The lowest BCUT2D eigenvalue weighted by Gasteiger charge is -2.38. The van der Waals surface area contributed by atoms with E-state index in [2.05, 4.69) is 37.1 Å². The van der Waals surface area contributed by atoms with Gasteiger partial charge in [-0.25, -0.2) is 0 Å². The smallest absolute Gasteiger partial charge is 0.0406 e. The third-order valence-corrected chi connectivity index (χ3v) is 5.48. The van der Waals surface area contributed by atoms with E-state index in [1.807, 2.05) is 23.9 Å². The molecule has 3 atom stereocenters. The van der Waals surface area contributed by atoms with Crippen molar-refractivity contribution < 1.29 is 0 Å². The van der Waals surface area contributed by atoms with Crippen LogP contribution in [0.5, 0.6) is 0 Å². The molecule has 0 aromatic heterocycles. The summed E-state index contributed by atoms with van der Waals surface area (Å²) in [5.74, 6) is 1.29. The van der Waals surface area contributed by atoms with Gasteiger partial charge in [0.25, 0.3) is 0 Å². The van der Waals surface area contributed by atoms with Crippen LogP contribution < -0.4 is 0 Å². The molecule has 2 aliphatic heterocycles. The Morgan fingerprint density at radius 3 is 2.67 bits per heavy atom. The van der Waals surface area contributed by atoms with Gasteiger partial charge in [0.1, 0.15) is 0 Å². The third kappa shape index (κ3) is 2.34. The van der Waals surface area contributed by atoms with Crippen molar-refractivity contribution in [3.63, 3.8) is 0 Å². The van der Waals surface area contributed by atoms with E-state index in [-0.39, 0.29) is 0 Å². The second-order valence-electron chi connectivity index (χ2n) is 5.39. The summed E-state index contributed by atoms with van der Waals surface area (Å²) in [4.78, 5) is 3.94. The van der Waals surface area contributed by atoms with Crippen molar-refractivity contribution in [3.8, 4) is 0 Å². The molecule has 0 spiro atoms. The maximum Gasteiger partial charge on any atom is 0.0406 e. The van der Waals surface area contributed by atoms with Crippen molar-refractivity contribution in [2.75, 3.05) is 20.1 Å². The molecule has 18 heavy (non-hydrogen) atoms. The van der Waals surface area contributed by atoms with Gasteiger partial charge in [-0.3, -0.25) is 0 Å². The first-order valence-corrected chi connectivity index (χ1v) is 7.68. The van der Waals surface area contributed by atoms with Crippen molar-refractivity contribution in [1.29, 1.82) is 0 Å². The van der Waals surface area contributed by atoms with E-state index in [1.165, 1.54) is 17.0 Å². The predicted molar refractivity (Wildman–Crippen MR) is 80.3 cm³/mol. The van der Waals surface area contributed by atoms with Gasteiger partial charge >= 0.3 is 0 Å². The monoisotopic (exact) mass is 279 g/mol. The van der Waals surface area contributed by atoms with Crippen LogP contribution in [0.25, 0.3) is 0 Å². The van der Waals surface area contributed by atoms with E-state index in [1.54, 1.807) is 0 Å². The van der Waals surface area contributed by atoms with Crippen LogP contribution >= 0.6 is 23.4 Å². The topological polar surface area (TPSA) is 3.24 Å². The van der Waals surface area contributed by atoms with E-state index in [0.29, 0.717) is 11.8 Å². The zero-order chi connectivity index (χ0) is 12.7. The van der Waals surface area contributed by atoms with Gasteiger partial charge in [-0.05, 0) is 42.5 Å². The minimum Gasteiger partial charge on any atom is -0.305 e. The molecule has 3 rings (SSSR count). The third-order valence-electron chi connectivity index (χ3n) is 3.96. The Morgan fingerprint density at radius 2 is 1.94 bits per heavy atom. The van der Waals surface area contributed by atoms with E-state index in [9.17, 15) is 0 Å². The zero-order valence-electron chi connectivity index (χ0n) is 10.8. The summed E-state index contributed by atoms with van der Waals surface area (Å²) in [6, 6.07) is 8.41. The first-order valence-electron chi connectivity index (χ1n) is 6.42. The van der Waals surface area contributed by atoms with Crippen molar-refractivity contribution in [2.45, 2.75) is 18.1 Å². The number of thioether (sulfide) groups is 1. The van der Waals surface area contributed by atoms with E-state index < -0.39 is 0 Å². The molecular weight excluding hydrogens is 262 g/mol. The summed E-state index contributed by atoms with van der Waals surface area (Å²) in [7, 11) is 2.23. The van der Waals surface area contributed by atoms with Gasteiger partial charge in [-0.1, -0.05) is 29.8 Å². The first kappa shape index (κ1) is 12.6. The predicted octanol–water partition coefficient (Wildman–Crippen LogP) is 4.00. The summed E-state index contributed by atoms with van der Waals surface area (Å²) < 4.78 is 0. The van der Waals surface area contributed by atoms with Gasteiger partial charge in [0.2, 0.25) is 0 Å². The summed E-state index contributed by atoms with van der Waals surface area (Å²) in [5.41, 5.74) is 1.42. The highest BCUT2D eigenvalue weighted by atomic mass is 35.5. The van der Waals surface area contributed by atoms with Gasteiger partial charge in [0.05, 0.1) is 0 Å². The van der Waals surface area contributed by atoms with Crippen LogP contribution in [-0.2, 0) is 0 Å². The normalized spacial score (nSPS) is 32.2. The van der Waals surface area contributed by atoms with Crippen LogP contribution in [0.1, 0.15) is 18.4 Å². The fraction of sp³-hybridized carbons (Fsp3) is 0.467. The number of piperidine rings is 1. The Kier molecular flexibility index (Phi) is 3.44. The van der Waals surface area contributed by atoms with E-state index in [0.717, 1.165) is 16.8 Å². The molecule has 0 amide bonds. The Morgan fingerprint density at radius 1 is 1.22 bits per heavy atom. The van der Waals surface area contributed by atoms with Crippen molar-refractivity contribution in [2.24, 2.45) is 5.92 Å². The number of rotatable bonds is 1. The quantitative estimate of drug-likeness (QED) is 0.764. The number of nitrogens with zero attached hydrogens (tertiary/aromatic N) is 1. The SMILES string of the molecule is CC1=CC2C(CN(C)CC2c2ccc(Cl)cc2)S1. The number of likely N-dealkylation sites (N-methyl/N-ethyl adjacent to an activating group) is 1. The van der Waals surface area contributed by atoms with Crippen LogP contribution in [0, 0.1) is 5.92 Å². The molecule has 0 N–H and O–H groups in total. The Labute approximate surface area is 118 Å². The standard InChI is InChI=1S/C15H18ClNS/c1-10-7-13-14(8-17(2)9-15(13)18-10)11-3-5-12(16)6-4-11/h3-7,13-15H,8-9H2,1-2H3. The molecule has 0 bridgehead atoms. The summed E-state index contributed by atoms with van der Waals surface area (Å²) in [6.07, 6.45) is 2.47. The molecule has 0 aliphatic carbocycles. The minimum absolute atomic E-state index is 0.607. The highest BCUT2D eigenvalue weighted by Gasteiger charge is 2.38. The maximum atomic E-state index is 5.99. The zero-order valence-corrected chi connectivity index (χ0v) is 12.3. The van der Waals surface area contributed by atoms with Crippen LogP contribution in [0.2, 0.25) is 5.02 Å². The maximum absolute atomic E-state index is 5.99. The van der Waals surface area contributed by atoms with Gasteiger partial charge in [0, 0.05) is 29.3 Å². The van der Waals surface area contributed by atoms with Gasteiger partial charge in [-0.15, -0.1) is 11.8 Å². The number of hydrogen-bond donors (Lipinski definition) is 0. The highest BCUT2D eigenvalue weighted by Crippen LogP contribution is 2.46. The number of halogens is 1. The Balaban J connectivity index is 1.91. The van der Waals surface area contributed by atoms with Crippen molar-refractivity contribution in [3.05, 3.63) is 45.8 Å². The van der Waals surface area contributed by atoms with Gasteiger partial charge in [-0.2, -0.15) is 0 Å². The fourth-order valence-electron chi connectivity index (χ4n) is 3.15. The second kappa shape index (κ2) is 4.92. The van der Waals surface area contributed by atoms with Crippen LogP contribution in [0.15, 0.2) is 35.2 Å². The van der Waals surface area contributed by atoms with Gasteiger partial charge < -0.3 is 4.90 Å². The van der Waals surface area contributed by atoms with Crippen LogP contribution in [0.4, 0.5) is 0 Å². The Hall–Kier alpha value is -0.440. The van der Waals surface area contributed by atoms with E-state index >= 15 is 0 Å². The number of benzene rings is 1. The van der Waals surface area contributed by atoms with Crippen LogP contribution in [-0.4, -0.2) is 30.3 Å². The number of fused-ring (bicyclic) bond motifs is 1. The van der Waals surface area contributed by atoms with Crippen molar-refractivity contribution >= 4 is 23.4 Å². The largest absolute Gasteiger partial charge is 0.305 e. The number of likely N-dealkylation sites (tertiary alicyclic amines) is 1. The molecule has 2 heterocycles. The number of allylic oxidation sites excluding steroid dienone is 2. The summed E-state index contributed by atoms with van der Waals surface area (Å²) in [6.45, 7) is 4.59. The fourth-order valence-corrected chi connectivity index (χ4v) is 4.74. The van der Waals surface area contributed by atoms with Crippen LogP contribution in [0.3, 0.4) is 0 Å². The molecule has 96 valence electrons.